The van der Waals surface area contributed by atoms with Crippen LogP contribution in [0.15, 0.2) is 43.0 Å². The van der Waals surface area contributed by atoms with Gasteiger partial charge in [0, 0.05) is 31.6 Å². The lowest BCUT2D eigenvalue weighted by Crippen LogP contribution is -2.62. The molecule has 3 rings (SSSR count). The van der Waals surface area contributed by atoms with Gasteiger partial charge in [0.05, 0.1) is 6.04 Å². The Morgan fingerprint density at radius 2 is 1.62 bits per heavy atom. The molecule has 264 valence electrons. The molecule has 2 unspecified atom stereocenters. The fourth-order valence-corrected chi connectivity index (χ4v) is 6.37. The topological polar surface area (TPSA) is 166 Å². The molecule has 1 saturated heterocycles. The number of nitrogens with zero attached hydrogens (tertiary/aromatic N) is 1. The van der Waals surface area contributed by atoms with Crippen molar-refractivity contribution in [1.29, 1.82) is 0 Å². The SMILES string of the molecule is C=CCCC(NC(=O)[C@@H]1C2[C@H](CN1C(=O)[C@@H](NC(=O)NC(C)(C)C)C(C)(C)C)C2(C)C)C(=O)C(=O)NCCC(=O)NCc1ccccc1. The summed E-state index contributed by atoms with van der Waals surface area (Å²) >= 11 is 0. The maximum Gasteiger partial charge on any atom is 0.315 e. The van der Waals surface area contributed by atoms with E-state index in [2.05, 4.69) is 33.2 Å². The number of benzene rings is 1. The van der Waals surface area contributed by atoms with Gasteiger partial charge in [-0.25, -0.2) is 4.79 Å². The highest BCUT2D eigenvalue weighted by molar-refractivity contribution is 6.38. The number of carbonyl (C=O) groups excluding carboxylic acids is 6. The number of carbonyl (C=O) groups is 6. The van der Waals surface area contributed by atoms with E-state index >= 15 is 0 Å². The molecule has 1 aliphatic carbocycles. The third-order valence-electron chi connectivity index (χ3n) is 9.12. The molecule has 2 aliphatic rings. The Balaban J connectivity index is 1.69. The summed E-state index contributed by atoms with van der Waals surface area (Å²) < 4.78 is 0. The van der Waals surface area contributed by atoms with Crippen molar-refractivity contribution in [3.8, 4) is 0 Å². The smallest absolute Gasteiger partial charge is 0.315 e. The number of amides is 6. The summed E-state index contributed by atoms with van der Waals surface area (Å²) in [5, 5.41) is 13.7. The van der Waals surface area contributed by atoms with Gasteiger partial charge in [-0.3, -0.25) is 24.0 Å². The van der Waals surface area contributed by atoms with Crippen molar-refractivity contribution < 1.29 is 28.8 Å². The molecule has 1 aliphatic heterocycles. The molecule has 48 heavy (non-hydrogen) atoms. The number of allylic oxidation sites excluding steroid dienone is 1. The largest absolute Gasteiger partial charge is 0.352 e. The number of Topliss-reactive ketones (excluding diaryl/α,β-unsaturated/α-hetero) is 1. The third-order valence-corrected chi connectivity index (χ3v) is 9.12. The molecule has 0 spiro atoms. The number of hydrogen-bond donors (Lipinski definition) is 5. The van der Waals surface area contributed by atoms with Crippen LogP contribution >= 0.6 is 0 Å². The van der Waals surface area contributed by atoms with E-state index in [0.29, 0.717) is 19.5 Å². The van der Waals surface area contributed by atoms with Gasteiger partial charge in [-0.2, -0.15) is 0 Å². The van der Waals surface area contributed by atoms with E-state index in [4.69, 9.17) is 0 Å². The number of nitrogens with one attached hydrogen (secondary N) is 5. The molecular weight excluding hydrogens is 612 g/mol. The first-order valence-electron chi connectivity index (χ1n) is 16.7. The molecule has 6 amide bonds. The van der Waals surface area contributed by atoms with E-state index < -0.39 is 52.7 Å². The molecule has 5 atom stereocenters. The number of ketones is 1. The van der Waals surface area contributed by atoms with Gasteiger partial charge >= 0.3 is 6.03 Å². The highest BCUT2D eigenvalue weighted by atomic mass is 16.2. The monoisotopic (exact) mass is 666 g/mol. The fourth-order valence-electron chi connectivity index (χ4n) is 6.37. The normalized spacial score (nSPS) is 20.8. The van der Waals surface area contributed by atoms with Crippen molar-refractivity contribution >= 4 is 35.4 Å². The zero-order chi connectivity index (χ0) is 36.0. The van der Waals surface area contributed by atoms with E-state index in [9.17, 15) is 28.8 Å². The average molecular weight is 667 g/mol. The van der Waals surface area contributed by atoms with Crippen LogP contribution in [-0.2, 0) is 30.5 Å². The van der Waals surface area contributed by atoms with E-state index in [0.717, 1.165) is 5.56 Å². The molecule has 5 N–H and O–H groups in total. The summed E-state index contributed by atoms with van der Waals surface area (Å²) in [5.41, 5.74) is -0.461. The molecule has 2 fully saturated rings. The minimum Gasteiger partial charge on any atom is -0.352 e. The molecular formula is C36H54N6O6. The summed E-state index contributed by atoms with van der Waals surface area (Å²) in [6, 6.07) is 5.93. The Hall–Kier alpha value is -4.22. The summed E-state index contributed by atoms with van der Waals surface area (Å²) in [6.45, 7) is 19.5. The highest BCUT2D eigenvalue weighted by Gasteiger charge is 2.70. The second-order valence-corrected chi connectivity index (χ2v) is 15.6. The van der Waals surface area contributed by atoms with Gasteiger partial charge in [0.25, 0.3) is 5.91 Å². The Labute approximate surface area is 284 Å². The average Bonchev–Trinajstić information content (AvgIpc) is 3.30. The van der Waals surface area contributed by atoms with E-state index in [1.54, 1.807) is 6.08 Å². The minimum atomic E-state index is -1.16. The van der Waals surface area contributed by atoms with Gasteiger partial charge in [-0.1, -0.05) is 71.0 Å². The van der Waals surface area contributed by atoms with Crippen LogP contribution in [0.1, 0.15) is 80.2 Å². The predicted molar refractivity (Wildman–Crippen MR) is 183 cm³/mol. The summed E-state index contributed by atoms with van der Waals surface area (Å²) in [5.74, 6) is -3.02. The van der Waals surface area contributed by atoms with E-state index in [1.807, 2.05) is 85.7 Å². The molecule has 12 nitrogen and oxygen atoms in total. The molecule has 12 heteroatoms. The first-order valence-corrected chi connectivity index (χ1v) is 16.7. The van der Waals surface area contributed by atoms with Crippen LogP contribution in [0.25, 0.3) is 0 Å². The maximum atomic E-state index is 14.1. The maximum absolute atomic E-state index is 14.1. The lowest BCUT2D eigenvalue weighted by molar-refractivity contribution is -0.145. The van der Waals surface area contributed by atoms with Crippen LogP contribution in [0, 0.1) is 22.7 Å². The van der Waals surface area contributed by atoms with Gasteiger partial charge < -0.3 is 31.5 Å². The fraction of sp³-hybridized carbons (Fsp3) is 0.611. The van der Waals surface area contributed by atoms with Crippen LogP contribution in [0.2, 0.25) is 0 Å². The van der Waals surface area contributed by atoms with Crippen molar-refractivity contribution in [2.75, 3.05) is 13.1 Å². The molecule has 1 aromatic carbocycles. The van der Waals surface area contributed by atoms with Crippen LogP contribution in [0.3, 0.4) is 0 Å². The number of urea groups is 1. The van der Waals surface area contributed by atoms with E-state index in [1.165, 1.54) is 4.90 Å². The zero-order valence-corrected chi connectivity index (χ0v) is 29.7. The standard InChI is InChI=1S/C36H54N6O6/c1-10-11-17-24(28(44)31(46)37-19-18-25(43)38-20-22-15-13-12-14-16-22)39-30(45)27-26-23(36(26,8)9)21-42(27)32(47)29(34(2,3)4)40-33(48)41-35(5,6)7/h10,12-16,23-24,26-27,29H,1,11,17-21H2,2-9H3,(H,37,46)(H,38,43)(H,39,45)(H2,40,41,48)/t23-,24?,26?,27-,29+/m0/s1. The van der Waals surface area contributed by atoms with Crippen molar-refractivity contribution in [3.63, 3.8) is 0 Å². The lowest BCUT2D eigenvalue weighted by Gasteiger charge is -2.38. The zero-order valence-electron chi connectivity index (χ0n) is 29.7. The quantitative estimate of drug-likeness (QED) is 0.151. The number of likely N-dealkylation sites (tertiary alicyclic amines) is 1. The van der Waals surface area contributed by atoms with Crippen LogP contribution in [0.5, 0.6) is 0 Å². The van der Waals surface area contributed by atoms with Gasteiger partial charge in [-0.05, 0) is 61.8 Å². The number of hydrogen-bond acceptors (Lipinski definition) is 6. The first kappa shape index (κ1) is 38.2. The second-order valence-electron chi connectivity index (χ2n) is 15.6. The van der Waals surface area contributed by atoms with Crippen molar-refractivity contribution in [2.45, 2.75) is 105 Å². The van der Waals surface area contributed by atoms with Crippen molar-refractivity contribution in [1.82, 2.24) is 31.5 Å². The Kier molecular flexibility index (Phi) is 12.2. The number of piperidine rings is 1. The second kappa shape index (κ2) is 15.3. The Morgan fingerprint density at radius 3 is 2.21 bits per heavy atom. The van der Waals surface area contributed by atoms with Gasteiger partial charge in [0.2, 0.25) is 23.5 Å². The van der Waals surface area contributed by atoms with Crippen molar-refractivity contribution in [3.05, 3.63) is 48.6 Å². The minimum absolute atomic E-state index is 0.0242. The van der Waals surface area contributed by atoms with Gasteiger partial charge in [-0.15, -0.1) is 6.58 Å². The number of rotatable bonds is 14. The first-order chi connectivity index (χ1) is 22.3. The number of fused-ring (bicyclic) bond motifs is 1. The molecule has 0 aromatic heterocycles. The Bertz CT molecular complexity index is 1380. The molecule has 0 bridgehead atoms. The van der Waals surface area contributed by atoms with E-state index in [-0.39, 0.29) is 48.5 Å². The predicted octanol–water partition coefficient (Wildman–Crippen LogP) is 2.82. The molecule has 1 aromatic rings. The van der Waals surface area contributed by atoms with Gasteiger partial charge in [0.15, 0.2) is 0 Å². The van der Waals surface area contributed by atoms with Crippen molar-refractivity contribution in [2.24, 2.45) is 22.7 Å². The Morgan fingerprint density at radius 1 is 0.979 bits per heavy atom. The van der Waals surface area contributed by atoms with Crippen LogP contribution < -0.4 is 26.6 Å². The van der Waals surface area contributed by atoms with Crippen LogP contribution in [-0.4, -0.2) is 77.1 Å². The highest BCUT2D eigenvalue weighted by Crippen LogP contribution is 2.65. The molecule has 1 saturated carbocycles. The lowest BCUT2D eigenvalue weighted by atomic mass is 9.85. The summed E-state index contributed by atoms with van der Waals surface area (Å²) in [7, 11) is 0. The molecule has 0 radical (unpaired) electrons. The van der Waals surface area contributed by atoms with Crippen LogP contribution in [0.4, 0.5) is 4.79 Å². The third kappa shape index (κ3) is 9.90. The molecule has 1 heterocycles. The van der Waals surface area contributed by atoms with Gasteiger partial charge in [0.1, 0.15) is 12.1 Å². The summed E-state index contributed by atoms with van der Waals surface area (Å²) in [6.07, 6.45) is 2.06. The summed E-state index contributed by atoms with van der Waals surface area (Å²) in [4.78, 5) is 80.9.